The number of hydrogen-bond acceptors (Lipinski definition) is 6. The van der Waals surface area contributed by atoms with E-state index in [1.54, 1.807) is 12.1 Å². The highest BCUT2D eigenvalue weighted by Crippen LogP contribution is 2.34. The Labute approximate surface area is 142 Å². The first-order valence-electron chi connectivity index (χ1n) is 7.60. The highest BCUT2D eigenvalue weighted by Gasteiger charge is 2.47. The lowest BCUT2D eigenvalue weighted by atomic mass is 9.89. The molecule has 126 valence electrons. The van der Waals surface area contributed by atoms with E-state index in [-0.39, 0.29) is 24.6 Å². The smallest absolute Gasteiger partial charge is 0.235 e. The lowest BCUT2D eigenvalue weighted by Crippen LogP contribution is -2.60. The lowest BCUT2D eigenvalue weighted by molar-refractivity contribution is -0.142. The summed E-state index contributed by atoms with van der Waals surface area (Å²) in [6, 6.07) is 5.16. The van der Waals surface area contributed by atoms with Crippen LogP contribution in [0.2, 0.25) is 0 Å². The average Bonchev–Trinajstić information content (AvgIpc) is 3.21. The van der Waals surface area contributed by atoms with Crippen LogP contribution in [0.15, 0.2) is 29.7 Å². The van der Waals surface area contributed by atoms with Gasteiger partial charge in [-0.2, -0.15) is 0 Å². The molecule has 7 nitrogen and oxygen atoms in total. The minimum Gasteiger partial charge on any atom is -0.454 e. The Morgan fingerprint density at radius 2 is 2.21 bits per heavy atom. The molecule has 3 aliphatic rings. The molecule has 0 aliphatic carbocycles. The maximum atomic E-state index is 12.4. The van der Waals surface area contributed by atoms with Crippen LogP contribution in [0.25, 0.3) is 0 Å². The Morgan fingerprint density at radius 3 is 3.08 bits per heavy atom. The molecule has 1 saturated heterocycles. The van der Waals surface area contributed by atoms with E-state index in [4.69, 9.17) is 9.47 Å². The molecular formula is C16H16N2O5S. The van der Waals surface area contributed by atoms with E-state index in [0.717, 1.165) is 5.56 Å². The zero-order chi connectivity index (χ0) is 16.7. The van der Waals surface area contributed by atoms with Gasteiger partial charge >= 0.3 is 0 Å². The average molecular weight is 348 g/mol. The SMILES string of the molecule is O=C(NCc1ccc2c(c1)OCO2)C1C(=O)NC2C=CSC2C1O. The third kappa shape index (κ3) is 2.61. The van der Waals surface area contributed by atoms with E-state index in [2.05, 4.69) is 10.6 Å². The molecule has 0 saturated carbocycles. The van der Waals surface area contributed by atoms with Crippen molar-refractivity contribution in [3.05, 3.63) is 35.2 Å². The van der Waals surface area contributed by atoms with E-state index in [0.29, 0.717) is 11.5 Å². The number of nitrogens with one attached hydrogen (secondary N) is 2. The Morgan fingerprint density at radius 1 is 1.38 bits per heavy atom. The minimum atomic E-state index is -1.10. The van der Waals surface area contributed by atoms with Crippen LogP contribution in [0.4, 0.5) is 0 Å². The molecule has 1 fully saturated rings. The molecule has 0 bridgehead atoms. The van der Waals surface area contributed by atoms with Crippen molar-refractivity contribution in [2.45, 2.75) is 23.9 Å². The van der Waals surface area contributed by atoms with Gasteiger partial charge in [-0.25, -0.2) is 0 Å². The fourth-order valence-electron chi connectivity index (χ4n) is 3.06. The van der Waals surface area contributed by atoms with Crippen LogP contribution in [0.5, 0.6) is 11.5 Å². The molecule has 4 unspecified atom stereocenters. The number of fused-ring (bicyclic) bond motifs is 2. The van der Waals surface area contributed by atoms with Crippen molar-refractivity contribution in [1.29, 1.82) is 0 Å². The van der Waals surface area contributed by atoms with Gasteiger partial charge in [-0.05, 0) is 23.1 Å². The molecule has 4 atom stereocenters. The van der Waals surface area contributed by atoms with Crippen molar-refractivity contribution in [2.24, 2.45) is 5.92 Å². The van der Waals surface area contributed by atoms with Gasteiger partial charge in [0.1, 0.15) is 5.92 Å². The van der Waals surface area contributed by atoms with E-state index >= 15 is 0 Å². The molecule has 24 heavy (non-hydrogen) atoms. The first-order chi connectivity index (χ1) is 11.6. The molecule has 4 rings (SSSR count). The maximum absolute atomic E-state index is 12.4. The van der Waals surface area contributed by atoms with Gasteiger partial charge in [0, 0.05) is 6.54 Å². The second kappa shape index (κ2) is 6.03. The monoisotopic (exact) mass is 348 g/mol. The molecule has 3 heterocycles. The molecule has 3 N–H and O–H groups in total. The van der Waals surface area contributed by atoms with E-state index in [9.17, 15) is 14.7 Å². The molecular weight excluding hydrogens is 332 g/mol. The van der Waals surface area contributed by atoms with E-state index in [1.165, 1.54) is 11.8 Å². The highest BCUT2D eigenvalue weighted by molar-refractivity contribution is 8.03. The van der Waals surface area contributed by atoms with Crippen LogP contribution in [0.3, 0.4) is 0 Å². The van der Waals surface area contributed by atoms with Crippen LogP contribution in [-0.4, -0.2) is 41.1 Å². The predicted molar refractivity (Wildman–Crippen MR) is 86.4 cm³/mol. The third-order valence-electron chi connectivity index (χ3n) is 4.33. The Balaban J connectivity index is 1.41. The normalized spacial score (nSPS) is 30.0. The van der Waals surface area contributed by atoms with Gasteiger partial charge in [-0.1, -0.05) is 12.1 Å². The van der Waals surface area contributed by atoms with Crippen LogP contribution >= 0.6 is 11.8 Å². The Hall–Kier alpha value is -2.19. The van der Waals surface area contributed by atoms with Crippen molar-refractivity contribution in [3.8, 4) is 11.5 Å². The van der Waals surface area contributed by atoms with Gasteiger partial charge < -0.3 is 25.2 Å². The van der Waals surface area contributed by atoms with Crippen LogP contribution in [-0.2, 0) is 16.1 Å². The summed E-state index contributed by atoms with van der Waals surface area (Å²) in [7, 11) is 0. The molecule has 2 amide bonds. The second-order valence-corrected chi connectivity index (χ2v) is 6.93. The van der Waals surface area contributed by atoms with Crippen molar-refractivity contribution in [1.82, 2.24) is 10.6 Å². The molecule has 0 radical (unpaired) electrons. The number of piperidine rings is 1. The topological polar surface area (TPSA) is 96.9 Å². The number of amides is 2. The summed E-state index contributed by atoms with van der Waals surface area (Å²) in [5, 5.41) is 17.5. The Bertz CT molecular complexity index is 722. The van der Waals surface area contributed by atoms with Crippen LogP contribution < -0.4 is 20.1 Å². The van der Waals surface area contributed by atoms with Crippen LogP contribution in [0, 0.1) is 5.92 Å². The number of ether oxygens (including phenoxy) is 2. The van der Waals surface area contributed by atoms with Gasteiger partial charge in [-0.15, -0.1) is 11.8 Å². The summed E-state index contributed by atoms with van der Waals surface area (Å²) in [6.45, 7) is 0.430. The lowest BCUT2D eigenvalue weighted by Gasteiger charge is -2.35. The first kappa shape index (κ1) is 15.3. The standard InChI is InChI=1S/C16H16N2O5S/c19-13-12(16(21)18-9-3-4-24-14(9)13)15(20)17-6-8-1-2-10-11(5-8)23-7-22-10/h1-5,9,12-14,19H,6-7H2,(H,17,20)(H,18,21). The minimum absolute atomic E-state index is 0.188. The number of hydrogen-bond donors (Lipinski definition) is 3. The summed E-state index contributed by atoms with van der Waals surface area (Å²) in [5.74, 6) is -0.729. The van der Waals surface area contributed by atoms with Crippen LogP contribution in [0.1, 0.15) is 5.56 Å². The summed E-state index contributed by atoms with van der Waals surface area (Å²) in [6.07, 6.45) is 0.817. The zero-order valence-electron chi connectivity index (χ0n) is 12.6. The molecule has 8 heteroatoms. The fraction of sp³-hybridized carbons (Fsp3) is 0.375. The number of rotatable bonds is 3. The van der Waals surface area contributed by atoms with Gasteiger partial charge in [0.15, 0.2) is 11.5 Å². The highest BCUT2D eigenvalue weighted by atomic mass is 32.2. The number of aliphatic hydroxyl groups excluding tert-OH is 1. The zero-order valence-corrected chi connectivity index (χ0v) is 13.4. The summed E-state index contributed by atoms with van der Waals surface area (Å²) < 4.78 is 10.5. The molecule has 1 aromatic rings. The summed E-state index contributed by atoms with van der Waals surface area (Å²) in [4.78, 5) is 24.5. The van der Waals surface area contributed by atoms with Crippen molar-refractivity contribution in [3.63, 3.8) is 0 Å². The number of benzene rings is 1. The first-order valence-corrected chi connectivity index (χ1v) is 8.54. The Kier molecular flexibility index (Phi) is 3.85. The molecule has 0 spiro atoms. The third-order valence-corrected chi connectivity index (χ3v) is 5.53. The van der Waals surface area contributed by atoms with Gasteiger partial charge in [0.25, 0.3) is 0 Å². The quantitative estimate of drug-likeness (QED) is 0.672. The number of carbonyl (C=O) groups excluding carboxylic acids is 2. The molecule has 0 aromatic heterocycles. The largest absolute Gasteiger partial charge is 0.454 e. The van der Waals surface area contributed by atoms with Gasteiger partial charge in [-0.3, -0.25) is 9.59 Å². The van der Waals surface area contributed by atoms with Crippen molar-refractivity contribution < 1.29 is 24.2 Å². The molecule has 1 aromatic carbocycles. The second-order valence-electron chi connectivity index (χ2n) is 5.84. The summed E-state index contributed by atoms with van der Waals surface area (Å²) >= 11 is 1.43. The number of carbonyl (C=O) groups is 2. The summed E-state index contributed by atoms with van der Waals surface area (Å²) in [5.41, 5.74) is 0.827. The fourth-order valence-corrected chi connectivity index (χ4v) is 4.15. The number of aliphatic hydroxyl groups is 1. The predicted octanol–water partition coefficient (Wildman–Crippen LogP) is 0.136. The van der Waals surface area contributed by atoms with Gasteiger partial charge in [0.05, 0.1) is 17.4 Å². The van der Waals surface area contributed by atoms with Gasteiger partial charge in [0.2, 0.25) is 18.6 Å². The number of thioether (sulfide) groups is 1. The maximum Gasteiger partial charge on any atom is 0.235 e. The van der Waals surface area contributed by atoms with Crippen molar-refractivity contribution in [2.75, 3.05) is 6.79 Å². The van der Waals surface area contributed by atoms with E-state index in [1.807, 2.05) is 17.6 Å². The van der Waals surface area contributed by atoms with Crippen molar-refractivity contribution >= 4 is 23.6 Å². The molecule has 3 aliphatic heterocycles. The van der Waals surface area contributed by atoms with E-state index < -0.39 is 23.8 Å².